The number of carboxylic acids is 1. The van der Waals surface area contributed by atoms with E-state index in [1.54, 1.807) is 6.92 Å². The van der Waals surface area contributed by atoms with Gasteiger partial charge < -0.3 is 14.6 Å². The van der Waals surface area contributed by atoms with E-state index >= 15 is 0 Å². The molecule has 0 amide bonds. The molecule has 4 nitrogen and oxygen atoms in total. The van der Waals surface area contributed by atoms with E-state index in [0.717, 1.165) is 16.9 Å². The highest BCUT2D eigenvalue weighted by atomic mass is 16.5. The number of ether oxygens (including phenoxy) is 2. The molecule has 0 spiro atoms. The number of hydrogen-bond donors (Lipinski definition) is 1. The van der Waals surface area contributed by atoms with Crippen molar-refractivity contribution in [3.05, 3.63) is 65.7 Å². The minimum absolute atomic E-state index is 0.325. The molecule has 0 aliphatic rings. The lowest BCUT2D eigenvalue weighted by atomic mass is 10.1. The molecule has 116 valence electrons. The molecule has 0 aliphatic carbocycles. The fourth-order valence-electron chi connectivity index (χ4n) is 2.14. The summed E-state index contributed by atoms with van der Waals surface area (Å²) in [7, 11) is 0. The number of benzene rings is 2. The Morgan fingerprint density at radius 3 is 2.50 bits per heavy atom. The SMILES string of the molecule is CCOC(Cc1cccc(OCc2ccccc2)c1)C(=O)O. The molecule has 2 aromatic rings. The van der Waals surface area contributed by atoms with Gasteiger partial charge in [0.05, 0.1) is 0 Å². The molecule has 0 aliphatic heterocycles. The van der Waals surface area contributed by atoms with Crippen molar-refractivity contribution in [2.75, 3.05) is 6.61 Å². The second kappa shape index (κ2) is 8.20. The van der Waals surface area contributed by atoms with Gasteiger partial charge in [-0.2, -0.15) is 0 Å². The summed E-state index contributed by atoms with van der Waals surface area (Å²) in [5, 5.41) is 9.13. The Bertz CT molecular complexity index is 595. The van der Waals surface area contributed by atoms with Gasteiger partial charge in [-0.15, -0.1) is 0 Å². The Morgan fingerprint density at radius 2 is 1.82 bits per heavy atom. The molecule has 2 aromatic carbocycles. The van der Waals surface area contributed by atoms with E-state index in [2.05, 4.69) is 0 Å². The normalized spacial score (nSPS) is 11.9. The molecule has 2 rings (SSSR count). The van der Waals surface area contributed by atoms with Gasteiger partial charge in [0.2, 0.25) is 0 Å². The summed E-state index contributed by atoms with van der Waals surface area (Å²) in [6.07, 6.45) is -0.500. The molecule has 0 bridgehead atoms. The Morgan fingerprint density at radius 1 is 1.09 bits per heavy atom. The van der Waals surface area contributed by atoms with Gasteiger partial charge in [0, 0.05) is 13.0 Å². The van der Waals surface area contributed by atoms with Crippen molar-refractivity contribution < 1.29 is 19.4 Å². The molecule has 0 fully saturated rings. The Kier molecular flexibility index (Phi) is 5.98. The molecule has 0 saturated heterocycles. The summed E-state index contributed by atoms with van der Waals surface area (Å²) in [5.41, 5.74) is 1.97. The molecule has 0 saturated carbocycles. The zero-order valence-corrected chi connectivity index (χ0v) is 12.6. The van der Waals surface area contributed by atoms with Crippen molar-refractivity contribution in [2.24, 2.45) is 0 Å². The fourth-order valence-corrected chi connectivity index (χ4v) is 2.14. The quantitative estimate of drug-likeness (QED) is 0.812. The zero-order chi connectivity index (χ0) is 15.8. The number of hydrogen-bond acceptors (Lipinski definition) is 3. The van der Waals surface area contributed by atoms with Crippen LogP contribution < -0.4 is 4.74 Å². The van der Waals surface area contributed by atoms with Crippen molar-refractivity contribution in [3.8, 4) is 5.75 Å². The van der Waals surface area contributed by atoms with Crippen molar-refractivity contribution in [1.29, 1.82) is 0 Å². The minimum Gasteiger partial charge on any atom is -0.489 e. The Balaban J connectivity index is 1.98. The first-order chi connectivity index (χ1) is 10.7. The lowest BCUT2D eigenvalue weighted by Crippen LogP contribution is -2.26. The van der Waals surface area contributed by atoms with Crippen LogP contribution in [-0.2, 0) is 22.6 Å². The second-order valence-corrected chi connectivity index (χ2v) is 4.91. The van der Waals surface area contributed by atoms with Crippen LogP contribution in [0.1, 0.15) is 18.1 Å². The molecule has 4 heteroatoms. The molecule has 0 aromatic heterocycles. The lowest BCUT2D eigenvalue weighted by Gasteiger charge is -2.13. The zero-order valence-electron chi connectivity index (χ0n) is 12.6. The molecule has 0 radical (unpaired) electrons. The van der Waals surface area contributed by atoms with E-state index in [1.165, 1.54) is 0 Å². The van der Waals surface area contributed by atoms with Crippen LogP contribution in [0.4, 0.5) is 0 Å². The first-order valence-corrected chi connectivity index (χ1v) is 7.29. The standard InChI is InChI=1S/C18H20O4/c1-2-21-17(18(19)20)12-15-9-6-10-16(11-15)22-13-14-7-4-3-5-8-14/h3-11,17H,2,12-13H2,1H3,(H,19,20). The summed E-state index contributed by atoms with van der Waals surface area (Å²) in [4.78, 5) is 11.1. The maximum absolute atomic E-state index is 11.1. The summed E-state index contributed by atoms with van der Waals surface area (Å²) >= 11 is 0. The maximum atomic E-state index is 11.1. The van der Waals surface area contributed by atoms with Crippen molar-refractivity contribution in [2.45, 2.75) is 26.1 Å². The average molecular weight is 300 g/mol. The van der Waals surface area contributed by atoms with E-state index in [4.69, 9.17) is 14.6 Å². The Labute approximate surface area is 130 Å². The van der Waals surface area contributed by atoms with Crippen LogP contribution in [0.15, 0.2) is 54.6 Å². The van der Waals surface area contributed by atoms with E-state index in [9.17, 15) is 4.79 Å². The number of carbonyl (C=O) groups is 1. The third-order valence-corrected chi connectivity index (χ3v) is 3.21. The summed E-state index contributed by atoms with van der Waals surface area (Å²) in [6.45, 7) is 2.65. The fraction of sp³-hybridized carbons (Fsp3) is 0.278. The highest BCUT2D eigenvalue weighted by Crippen LogP contribution is 2.17. The first kappa shape index (κ1) is 16.0. The van der Waals surface area contributed by atoms with Gasteiger partial charge in [-0.25, -0.2) is 4.79 Å². The third kappa shape index (κ3) is 4.90. The highest BCUT2D eigenvalue weighted by molar-refractivity contribution is 5.72. The van der Waals surface area contributed by atoms with E-state index in [1.807, 2.05) is 54.6 Å². The number of carboxylic acid groups (broad SMARTS) is 1. The van der Waals surface area contributed by atoms with E-state index in [0.29, 0.717) is 19.6 Å². The van der Waals surface area contributed by atoms with Gasteiger partial charge in [-0.1, -0.05) is 42.5 Å². The average Bonchev–Trinajstić information content (AvgIpc) is 2.54. The summed E-state index contributed by atoms with van der Waals surface area (Å²) < 4.78 is 11.0. The van der Waals surface area contributed by atoms with Crippen LogP contribution in [-0.4, -0.2) is 23.8 Å². The van der Waals surface area contributed by atoms with Crippen LogP contribution in [0, 0.1) is 0 Å². The first-order valence-electron chi connectivity index (χ1n) is 7.29. The van der Waals surface area contributed by atoms with Gasteiger partial charge in [0.1, 0.15) is 12.4 Å². The van der Waals surface area contributed by atoms with Crippen LogP contribution in [0.25, 0.3) is 0 Å². The van der Waals surface area contributed by atoms with Crippen LogP contribution in [0.5, 0.6) is 5.75 Å². The maximum Gasteiger partial charge on any atom is 0.333 e. The second-order valence-electron chi connectivity index (χ2n) is 4.91. The Hall–Kier alpha value is -2.33. The lowest BCUT2D eigenvalue weighted by molar-refractivity contribution is -0.149. The van der Waals surface area contributed by atoms with Crippen molar-refractivity contribution in [1.82, 2.24) is 0 Å². The summed E-state index contributed by atoms with van der Waals surface area (Å²) in [6, 6.07) is 17.4. The molecule has 22 heavy (non-hydrogen) atoms. The monoisotopic (exact) mass is 300 g/mol. The van der Waals surface area contributed by atoms with Crippen LogP contribution >= 0.6 is 0 Å². The highest BCUT2D eigenvalue weighted by Gasteiger charge is 2.18. The van der Waals surface area contributed by atoms with Gasteiger partial charge in [0.25, 0.3) is 0 Å². The van der Waals surface area contributed by atoms with E-state index in [-0.39, 0.29) is 0 Å². The molecule has 0 heterocycles. The smallest absolute Gasteiger partial charge is 0.333 e. The molecule has 1 N–H and O–H groups in total. The van der Waals surface area contributed by atoms with Crippen LogP contribution in [0.2, 0.25) is 0 Å². The van der Waals surface area contributed by atoms with Gasteiger partial charge in [0.15, 0.2) is 6.10 Å². The van der Waals surface area contributed by atoms with Crippen LogP contribution in [0.3, 0.4) is 0 Å². The molecular formula is C18H20O4. The molecule has 1 unspecified atom stereocenters. The van der Waals surface area contributed by atoms with E-state index < -0.39 is 12.1 Å². The predicted molar refractivity (Wildman–Crippen MR) is 84.0 cm³/mol. The molecule has 1 atom stereocenters. The van der Waals surface area contributed by atoms with Gasteiger partial charge in [-0.3, -0.25) is 0 Å². The number of rotatable bonds is 8. The topological polar surface area (TPSA) is 55.8 Å². The van der Waals surface area contributed by atoms with Crippen molar-refractivity contribution in [3.63, 3.8) is 0 Å². The van der Waals surface area contributed by atoms with Gasteiger partial charge >= 0.3 is 5.97 Å². The van der Waals surface area contributed by atoms with Crippen molar-refractivity contribution >= 4 is 5.97 Å². The third-order valence-electron chi connectivity index (χ3n) is 3.21. The number of aliphatic carboxylic acids is 1. The van der Waals surface area contributed by atoms with Gasteiger partial charge in [-0.05, 0) is 30.2 Å². The molecular weight excluding hydrogens is 280 g/mol. The summed E-state index contributed by atoms with van der Waals surface area (Å²) in [5.74, 6) is -0.223. The minimum atomic E-state index is -0.947. The predicted octanol–water partition coefficient (Wildman–Crippen LogP) is 3.30. The largest absolute Gasteiger partial charge is 0.489 e.